The predicted octanol–water partition coefficient (Wildman–Crippen LogP) is 4.02. The first-order valence-corrected chi connectivity index (χ1v) is 11.4. The molecule has 1 saturated carbocycles. The number of nitrogens with zero attached hydrogens (tertiary/aromatic N) is 1. The third kappa shape index (κ3) is 6.47. The summed E-state index contributed by atoms with van der Waals surface area (Å²) in [6.07, 6.45) is 0.166. The first-order valence-electron chi connectivity index (χ1n) is 11.4. The Balaban J connectivity index is 2.44. The number of hydrogen-bond donors (Lipinski definition) is 2. The number of amides is 3. The maximum atomic E-state index is 13.7. The molecule has 2 N–H and O–H groups in total. The van der Waals surface area contributed by atoms with Crippen molar-refractivity contribution in [3.63, 3.8) is 0 Å². The first-order chi connectivity index (χ1) is 14.7. The summed E-state index contributed by atoms with van der Waals surface area (Å²) >= 11 is 0. The van der Waals surface area contributed by atoms with Crippen LogP contribution in [0.25, 0.3) is 0 Å². The summed E-state index contributed by atoms with van der Waals surface area (Å²) in [6.45, 7) is 16.7. The lowest BCUT2D eigenvalue weighted by molar-refractivity contribution is -0.143. The molecule has 178 valence electrons. The molecule has 0 heterocycles. The van der Waals surface area contributed by atoms with Gasteiger partial charge in [-0.05, 0) is 84.4 Å². The molecule has 1 aromatic rings. The molecule has 32 heavy (non-hydrogen) atoms. The third-order valence-corrected chi connectivity index (χ3v) is 5.56. The normalized spacial score (nSPS) is 19.7. The van der Waals surface area contributed by atoms with E-state index < -0.39 is 23.8 Å². The van der Waals surface area contributed by atoms with Gasteiger partial charge in [0.25, 0.3) is 0 Å². The SMILES string of the molecule is Cc1cccc(C)c1C(C(=O)NC(C)C)N(C(=O)C(C)NC(=O)OC(C)(C)C)C1CC1C. The zero-order chi connectivity index (χ0) is 24.4. The molecule has 1 aliphatic carbocycles. The standard InChI is InChI=1S/C25H39N3O4/c1-14(2)26-22(29)21(20-15(3)11-10-12-16(20)4)28(19-13-17(19)5)23(30)18(6)27-24(31)32-25(7,8)9/h10-12,14,17-19,21H,13H2,1-9H3,(H,26,29)(H,27,31). The van der Waals surface area contributed by atoms with Crippen molar-refractivity contribution in [2.45, 2.75) is 98.5 Å². The Morgan fingerprint density at radius 2 is 1.59 bits per heavy atom. The number of ether oxygens (including phenoxy) is 1. The van der Waals surface area contributed by atoms with Crippen LogP contribution in [0.2, 0.25) is 0 Å². The van der Waals surface area contributed by atoms with Gasteiger partial charge in [0, 0.05) is 12.1 Å². The molecule has 0 bridgehead atoms. The van der Waals surface area contributed by atoms with E-state index in [0.29, 0.717) is 0 Å². The maximum absolute atomic E-state index is 13.7. The quantitative estimate of drug-likeness (QED) is 0.664. The highest BCUT2D eigenvalue weighted by molar-refractivity contribution is 5.93. The lowest BCUT2D eigenvalue weighted by Gasteiger charge is -2.36. The van der Waals surface area contributed by atoms with E-state index in [9.17, 15) is 14.4 Å². The van der Waals surface area contributed by atoms with Crippen LogP contribution in [0.15, 0.2) is 18.2 Å². The van der Waals surface area contributed by atoms with Crippen molar-refractivity contribution in [1.29, 1.82) is 0 Å². The zero-order valence-electron chi connectivity index (χ0n) is 20.9. The monoisotopic (exact) mass is 445 g/mol. The van der Waals surface area contributed by atoms with Gasteiger partial charge in [0.15, 0.2) is 0 Å². The minimum Gasteiger partial charge on any atom is -0.444 e. The second kappa shape index (κ2) is 9.92. The lowest BCUT2D eigenvalue weighted by atomic mass is 9.93. The summed E-state index contributed by atoms with van der Waals surface area (Å²) < 4.78 is 5.32. The van der Waals surface area contributed by atoms with Crippen molar-refractivity contribution in [1.82, 2.24) is 15.5 Å². The van der Waals surface area contributed by atoms with Gasteiger partial charge in [-0.1, -0.05) is 25.1 Å². The van der Waals surface area contributed by atoms with E-state index in [1.807, 2.05) is 45.9 Å². The van der Waals surface area contributed by atoms with Crippen molar-refractivity contribution in [2.24, 2.45) is 5.92 Å². The molecule has 0 aromatic heterocycles. The molecule has 0 radical (unpaired) electrons. The summed E-state index contributed by atoms with van der Waals surface area (Å²) in [5.74, 6) is -0.225. The van der Waals surface area contributed by atoms with Gasteiger partial charge in [0.1, 0.15) is 17.7 Å². The number of alkyl carbamates (subject to hydrolysis) is 1. The molecule has 0 spiro atoms. The van der Waals surface area contributed by atoms with E-state index >= 15 is 0 Å². The topological polar surface area (TPSA) is 87.7 Å². The van der Waals surface area contributed by atoms with Crippen molar-refractivity contribution >= 4 is 17.9 Å². The molecule has 0 saturated heterocycles. The van der Waals surface area contributed by atoms with Crippen LogP contribution in [0, 0.1) is 19.8 Å². The Bertz CT molecular complexity index is 839. The Kier molecular flexibility index (Phi) is 7.97. The number of carbonyl (C=O) groups is 3. The molecule has 7 nitrogen and oxygen atoms in total. The molecule has 0 aliphatic heterocycles. The van der Waals surface area contributed by atoms with E-state index in [1.54, 1.807) is 32.6 Å². The number of carbonyl (C=O) groups excluding carboxylic acids is 3. The average molecular weight is 446 g/mol. The largest absolute Gasteiger partial charge is 0.444 e. The number of benzene rings is 1. The molecule has 1 fully saturated rings. The number of nitrogens with one attached hydrogen (secondary N) is 2. The van der Waals surface area contributed by atoms with Gasteiger partial charge in [0.2, 0.25) is 11.8 Å². The minimum atomic E-state index is -0.837. The van der Waals surface area contributed by atoms with Gasteiger partial charge >= 0.3 is 6.09 Å². The molecule has 1 aromatic carbocycles. The van der Waals surface area contributed by atoms with Crippen molar-refractivity contribution in [3.05, 3.63) is 34.9 Å². The number of aryl methyl sites for hydroxylation is 2. The first kappa shape index (κ1) is 25.7. The number of rotatable bonds is 7. The van der Waals surface area contributed by atoms with E-state index in [2.05, 4.69) is 17.6 Å². The van der Waals surface area contributed by atoms with Crippen LogP contribution < -0.4 is 10.6 Å². The van der Waals surface area contributed by atoms with Crippen LogP contribution in [0.4, 0.5) is 4.79 Å². The molecule has 4 atom stereocenters. The van der Waals surface area contributed by atoms with Gasteiger partial charge in [-0.15, -0.1) is 0 Å². The molecule has 1 aliphatic rings. The van der Waals surface area contributed by atoms with E-state index in [1.165, 1.54) is 0 Å². The molecular weight excluding hydrogens is 406 g/mol. The van der Waals surface area contributed by atoms with Crippen LogP contribution in [0.3, 0.4) is 0 Å². The average Bonchev–Trinajstić information content (AvgIpc) is 3.33. The van der Waals surface area contributed by atoms with Crippen molar-refractivity contribution in [2.75, 3.05) is 0 Å². The van der Waals surface area contributed by atoms with E-state index in [4.69, 9.17) is 4.74 Å². The van der Waals surface area contributed by atoms with Crippen LogP contribution in [-0.2, 0) is 14.3 Å². The van der Waals surface area contributed by atoms with Crippen LogP contribution in [-0.4, -0.2) is 46.5 Å². The highest BCUT2D eigenvalue weighted by Gasteiger charge is 2.48. The predicted molar refractivity (Wildman–Crippen MR) is 125 cm³/mol. The van der Waals surface area contributed by atoms with Gasteiger partial charge in [-0.2, -0.15) is 0 Å². The summed E-state index contributed by atoms with van der Waals surface area (Å²) in [6, 6.07) is 4.12. The highest BCUT2D eigenvalue weighted by Crippen LogP contribution is 2.41. The molecule has 2 rings (SSSR count). The second-order valence-corrected chi connectivity index (χ2v) is 10.3. The van der Waals surface area contributed by atoms with Crippen molar-refractivity contribution in [3.8, 4) is 0 Å². The van der Waals surface area contributed by atoms with Gasteiger partial charge < -0.3 is 20.3 Å². The van der Waals surface area contributed by atoms with E-state index in [0.717, 1.165) is 23.1 Å². The molecule has 4 unspecified atom stereocenters. The van der Waals surface area contributed by atoms with Gasteiger partial charge in [0.05, 0.1) is 0 Å². The summed E-state index contributed by atoms with van der Waals surface area (Å²) in [4.78, 5) is 41.1. The van der Waals surface area contributed by atoms with E-state index in [-0.39, 0.29) is 29.8 Å². The Hall–Kier alpha value is -2.57. The fourth-order valence-electron chi connectivity index (χ4n) is 3.96. The summed E-state index contributed by atoms with van der Waals surface area (Å²) in [5.41, 5.74) is 2.07. The minimum absolute atomic E-state index is 0.0627. The van der Waals surface area contributed by atoms with Crippen molar-refractivity contribution < 1.29 is 19.1 Å². The zero-order valence-corrected chi connectivity index (χ0v) is 20.9. The molecule has 7 heteroatoms. The van der Waals surface area contributed by atoms with Gasteiger partial charge in [-0.25, -0.2) is 4.79 Å². The smallest absolute Gasteiger partial charge is 0.408 e. The second-order valence-electron chi connectivity index (χ2n) is 10.3. The van der Waals surface area contributed by atoms with Gasteiger partial charge in [-0.3, -0.25) is 9.59 Å². The highest BCUT2D eigenvalue weighted by atomic mass is 16.6. The third-order valence-electron chi connectivity index (χ3n) is 5.56. The maximum Gasteiger partial charge on any atom is 0.408 e. The summed E-state index contributed by atoms with van der Waals surface area (Å²) in [5, 5.41) is 5.64. The van der Waals surface area contributed by atoms with Crippen LogP contribution in [0.1, 0.15) is 77.6 Å². The fraction of sp³-hybridized carbons (Fsp3) is 0.640. The molecular formula is C25H39N3O4. The Labute approximate surface area is 192 Å². The fourth-order valence-corrected chi connectivity index (χ4v) is 3.96. The molecule has 3 amide bonds. The summed E-state index contributed by atoms with van der Waals surface area (Å²) in [7, 11) is 0. The Morgan fingerprint density at radius 1 is 1.06 bits per heavy atom. The number of hydrogen-bond acceptors (Lipinski definition) is 4. The van der Waals surface area contributed by atoms with Crippen LogP contribution in [0.5, 0.6) is 0 Å². The lowest BCUT2D eigenvalue weighted by Crippen LogP contribution is -2.53. The van der Waals surface area contributed by atoms with Crippen LogP contribution >= 0.6 is 0 Å². The Morgan fingerprint density at radius 3 is 2.03 bits per heavy atom.